The van der Waals surface area contributed by atoms with E-state index in [-0.39, 0.29) is 11.8 Å². The quantitative estimate of drug-likeness (QED) is 0.797. The molecule has 0 bridgehead atoms. The van der Waals surface area contributed by atoms with Gasteiger partial charge in [0, 0.05) is 17.2 Å². The maximum Gasteiger partial charge on any atom is 0.389 e. The second-order valence-electron chi connectivity index (χ2n) is 6.62. The lowest BCUT2D eigenvalue weighted by Crippen LogP contribution is -2.39. The zero-order valence-electron chi connectivity index (χ0n) is 13.4. The second kappa shape index (κ2) is 6.65. The highest BCUT2D eigenvalue weighted by Crippen LogP contribution is 2.34. The first-order chi connectivity index (χ1) is 9.48. The van der Waals surface area contributed by atoms with Crippen LogP contribution < -0.4 is 5.32 Å². The van der Waals surface area contributed by atoms with Crippen LogP contribution in [0.3, 0.4) is 0 Å². The van der Waals surface area contributed by atoms with Crippen molar-refractivity contribution in [2.24, 2.45) is 0 Å². The topological polar surface area (TPSA) is 24.9 Å². The highest BCUT2D eigenvalue weighted by atomic mass is 32.1. The molecule has 0 saturated heterocycles. The highest BCUT2D eigenvalue weighted by molar-refractivity contribution is 7.09. The van der Waals surface area contributed by atoms with Crippen LogP contribution in [0.15, 0.2) is 5.38 Å². The molecular formula is C15H25F3N2S. The molecule has 2 nitrogen and oxygen atoms in total. The first kappa shape index (κ1) is 18.4. The van der Waals surface area contributed by atoms with Gasteiger partial charge >= 0.3 is 6.18 Å². The van der Waals surface area contributed by atoms with E-state index in [4.69, 9.17) is 0 Å². The van der Waals surface area contributed by atoms with E-state index in [1.807, 2.05) is 19.2 Å². The minimum Gasteiger partial charge on any atom is -0.306 e. The van der Waals surface area contributed by atoms with Crippen LogP contribution in [-0.2, 0) is 11.0 Å². The molecule has 1 aromatic rings. The number of nitrogens with zero attached hydrogens (tertiary/aromatic N) is 1. The lowest BCUT2D eigenvalue weighted by molar-refractivity contribution is -0.136. The lowest BCUT2D eigenvalue weighted by Gasteiger charge is -2.29. The molecule has 6 heteroatoms. The van der Waals surface area contributed by atoms with Crippen molar-refractivity contribution < 1.29 is 13.2 Å². The maximum atomic E-state index is 12.3. The largest absolute Gasteiger partial charge is 0.389 e. The Labute approximate surface area is 129 Å². The predicted molar refractivity (Wildman–Crippen MR) is 81.7 cm³/mol. The van der Waals surface area contributed by atoms with Gasteiger partial charge in [-0.25, -0.2) is 4.98 Å². The molecule has 0 radical (unpaired) electrons. The minimum atomic E-state index is -4.09. The molecule has 0 saturated carbocycles. The van der Waals surface area contributed by atoms with Crippen molar-refractivity contribution in [3.05, 3.63) is 16.1 Å². The Bertz CT molecular complexity index is 449. The summed E-state index contributed by atoms with van der Waals surface area (Å²) in [5, 5.41) is 6.19. The predicted octanol–water partition coefficient (Wildman–Crippen LogP) is 5.00. The van der Waals surface area contributed by atoms with Gasteiger partial charge in [-0.05, 0) is 26.3 Å². The summed E-state index contributed by atoms with van der Waals surface area (Å²) in [5.41, 5.74) is 0.449. The van der Waals surface area contributed by atoms with Gasteiger partial charge in [-0.15, -0.1) is 11.3 Å². The van der Waals surface area contributed by atoms with Crippen LogP contribution in [0.1, 0.15) is 64.6 Å². The monoisotopic (exact) mass is 322 g/mol. The summed E-state index contributed by atoms with van der Waals surface area (Å²) in [6.45, 7) is 10.9. The molecule has 1 N–H and O–H groups in total. The Kier molecular flexibility index (Phi) is 5.83. The molecule has 0 amide bonds. The van der Waals surface area contributed by atoms with Crippen LogP contribution in [0.25, 0.3) is 0 Å². The SMILES string of the molecule is CCNC(C)(CCCC(F)(F)F)c1nc(C(C)(C)C)cs1. The van der Waals surface area contributed by atoms with Crippen molar-refractivity contribution in [1.29, 1.82) is 0 Å². The molecule has 122 valence electrons. The van der Waals surface area contributed by atoms with Gasteiger partial charge in [0.25, 0.3) is 0 Å². The first-order valence-electron chi connectivity index (χ1n) is 7.26. The van der Waals surface area contributed by atoms with Crippen molar-refractivity contribution in [3.8, 4) is 0 Å². The number of alkyl halides is 3. The normalized spacial score (nSPS) is 16.0. The second-order valence-corrected chi connectivity index (χ2v) is 7.48. The smallest absolute Gasteiger partial charge is 0.306 e. The summed E-state index contributed by atoms with van der Waals surface area (Å²) in [4.78, 5) is 4.66. The molecule has 21 heavy (non-hydrogen) atoms. The fourth-order valence-corrected chi connectivity index (χ4v) is 3.39. The molecule has 1 aromatic heterocycles. The van der Waals surface area contributed by atoms with Gasteiger partial charge in [-0.3, -0.25) is 0 Å². The Morgan fingerprint density at radius 2 is 1.76 bits per heavy atom. The minimum absolute atomic E-state index is 0.0478. The van der Waals surface area contributed by atoms with E-state index in [1.54, 1.807) is 0 Å². The van der Waals surface area contributed by atoms with E-state index in [0.717, 1.165) is 10.7 Å². The molecular weight excluding hydrogens is 297 g/mol. The highest BCUT2D eigenvalue weighted by Gasteiger charge is 2.33. The zero-order chi connectivity index (χ0) is 16.3. The zero-order valence-corrected chi connectivity index (χ0v) is 14.2. The third kappa shape index (κ3) is 5.58. The molecule has 1 atom stereocenters. The molecule has 0 spiro atoms. The van der Waals surface area contributed by atoms with E-state index in [2.05, 4.69) is 31.1 Å². The van der Waals surface area contributed by atoms with Crippen molar-refractivity contribution in [2.45, 2.75) is 71.0 Å². The number of hydrogen-bond acceptors (Lipinski definition) is 3. The molecule has 1 heterocycles. The van der Waals surface area contributed by atoms with Gasteiger partial charge in [0.1, 0.15) is 5.01 Å². The molecule has 0 aliphatic heterocycles. The van der Waals surface area contributed by atoms with Gasteiger partial charge in [-0.2, -0.15) is 13.2 Å². The Hall–Kier alpha value is -0.620. The average molecular weight is 322 g/mol. The third-order valence-corrected chi connectivity index (χ3v) is 4.55. The van der Waals surface area contributed by atoms with Crippen LogP contribution in [0, 0.1) is 0 Å². The van der Waals surface area contributed by atoms with Gasteiger partial charge in [0.15, 0.2) is 0 Å². The number of thiazole rings is 1. The number of hydrogen-bond donors (Lipinski definition) is 1. The van der Waals surface area contributed by atoms with Gasteiger partial charge < -0.3 is 5.32 Å². The summed E-state index contributed by atoms with van der Waals surface area (Å²) < 4.78 is 37.0. The standard InChI is InChI=1S/C15H25F3N2S/c1-6-19-14(5,8-7-9-15(16,17)18)12-20-11(10-21-12)13(2,3)4/h10,19H,6-9H2,1-5H3. The maximum absolute atomic E-state index is 12.3. The van der Waals surface area contributed by atoms with E-state index in [9.17, 15) is 13.2 Å². The van der Waals surface area contributed by atoms with Crippen LogP contribution >= 0.6 is 11.3 Å². The fraction of sp³-hybridized carbons (Fsp3) is 0.800. The third-order valence-electron chi connectivity index (χ3n) is 3.45. The van der Waals surface area contributed by atoms with Gasteiger partial charge in [0.05, 0.1) is 11.2 Å². The van der Waals surface area contributed by atoms with Crippen molar-refractivity contribution in [3.63, 3.8) is 0 Å². The molecule has 0 aromatic carbocycles. The van der Waals surface area contributed by atoms with E-state index in [0.29, 0.717) is 13.0 Å². The van der Waals surface area contributed by atoms with Crippen LogP contribution in [0.2, 0.25) is 0 Å². The Morgan fingerprint density at radius 1 is 1.14 bits per heavy atom. The number of aromatic nitrogens is 1. The first-order valence-corrected chi connectivity index (χ1v) is 8.14. The van der Waals surface area contributed by atoms with E-state index < -0.39 is 18.1 Å². The van der Waals surface area contributed by atoms with Crippen LogP contribution in [-0.4, -0.2) is 17.7 Å². The summed E-state index contributed by atoms with van der Waals surface area (Å²) in [6, 6.07) is 0. The lowest BCUT2D eigenvalue weighted by atomic mass is 9.92. The van der Waals surface area contributed by atoms with Crippen molar-refractivity contribution in [1.82, 2.24) is 10.3 Å². The fourth-order valence-electron chi connectivity index (χ4n) is 2.18. The molecule has 1 rings (SSSR count). The number of halogens is 3. The van der Waals surface area contributed by atoms with E-state index >= 15 is 0 Å². The molecule has 0 fully saturated rings. The number of rotatable bonds is 6. The summed E-state index contributed by atoms with van der Waals surface area (Å²) in [5.74, 6) is 0. The number of nitrogens with one attached hydrogen (secondary N) is 1. The molecule has 1 unspecified atom stereocenters. The average Bonchev–Trinajstić information content (AvgIpc) is 2.76. The molecule has 0 aliphatic rings. The Balaban J connectivity index is 2.86. The van der Waals surface area contributed by atoms with Crippen LogP contribution in [0.5, 0.6) is 0 Å². The summed E-state index contributed by atoms with van der Waals surface area (Å²) in [7, 11) is 0. The Morgan fingerprint density at radius 3 is 2.19 bits per heavy atom. The van der Waals surface area contributed by atoms with Crippen molar-refractivity contribution in [2.75, 3.05) is 6.54 Å². The van der Waals surface area contributed by atoms with Crippen molar-refractivity contribution >= 4 is 11.3 Å². The van der Waals surface area contributed by atoms with Gasteiger partial charge in [-0.1, -0.05) is 27.7 Å². The van der Waals surface area contributed by atoms with Gasteiger partial charge in [0.2, 0.25) is 0 Å². The summed E-state index contributed by atoms with van der Waals surface area (Å²) >= 11 is 1.53. The molecule has 0 aliphatic carbocycles. The van der Waals surface area contributed by atoms with Crippen LogP contribution in [0.4, 0.5) is 13.2 Å². The van der Waals surface area contributed by atoms with E-state index in [1.165, 1.54) is 11.3 Å². The summed E-state index contributed by atoms with van der Waals surface area (Å²) in [6.07, 6.45) is -4.30.